The highest BCUT2D eigenvalue weighted by atomic mass is 16.5. The second kappa shape index (κ2) is 4.33. The van der Waals surface area contributed by atoms with Crippen molar-refractivity contribution in [3.63, 3.8) is 0 Å². The highest BCUT2D eigenvalue weighted by Crippen LogP contribution is 2.39. The third-order valence-corrected chi connectivity index (χ3v) is 3.13. The third-order valence-electron chi connectivity index (χ3n) is 3.13. The molecule has 1 rings (SSSR count). The molecule has 0 unspecified atom stereocenters. The predicted molar refractivity (Wildman–Crippen MR) is 57.0 cm³/mol. The van der Waals surface area contributed by atoms with Crippen LogP contribution < -0.4 is 0 Å². The summed E-state index contributed by atoms with van der Waals surface area (Å²) in [5, 5.41) is 0. The summed E-state index contributed by atoms with van der Waals surface area (Å²) in [6.45, 7) is 8.22. The quantitative estimate of drug-likeness (QED) is 0.605. The first-order chi connectivity index (χ1) is 6.41. The van der Waals surface area contributed by atoms with Gasteiger partial charge >= 0.3 is 5.97 Å². The van der Waals surface area contributed by atoms with Gasteiger partial charge in [-0.1, -0.05) is 27.2 Å². The molecule has 0 N–H and O–H groups in total. The van der Waals surface area contributed by atoms with Gasteiger partial charge in [0.2, 0.25) is 0 Å². The Morgan fingerprint density at radius 3 is 2.29 bits per heavy atom. The first-order valence-electron chi connectivity index (χ1n) is 5.58. The SMILES string of the molecule is CC(=O)O[C@@H]1CCCC[C@H]1C(C)(C)C. The number of hydrogen-bond acceptors (Lipinski definition) is 2. The minimum absolute atomic E-state index is 0.133. The van der Waals surface area contributed by atoms with Crippen molar-refractivity contribution < 1.29 is 9.53 Å². The Balaban J connectivity index is 2.64. The molecular weight excluding hydrogens is 176 g/mol. The van der Waals surface area contributed by atoms with Crippen LogP contribution in [0.3, 0.4) is 0 Å². The van der Waals surface area contributed by atoms with Crippen molar-refractivity contribution >= 4 is 5.97 Å². The molecule has 0 heterocycles. The number of rotatable bonds is 1. The van der Waals surface area contributed by atoms with Gasteiger partial charge in [-0.25, -0.2) is 0 Å². The van der Waals surface area contributed by atoms with Crippen LogP contribution in [0, 0.1) is 11.3 Å². The lowest BCUT2D eigenvalue weighted by Gasteiger charge is -2.39. The molecule has 0 aromatic rings. The van der Waals surface area contributed by atoms with Crippen LogP contribution in [0.1, 0.15) is 53.4 Å². The van der Waals surface area contributed by atoms with Gasteiger partial charge < -0.3 is 4.74 Å². The van der Waals surface area contributed by atoms with Gasteiger partial charge in [0, 0.05) is 12.8 Å². The Labute approximate surface area is 87.0 Å². The zero-order valence-corrected chi connectivity index (χ0v) is 9.80. The fourth-order valence-electron chi connectivity index (χ4n) is 2.44. The van der Waals surface area contributed by atoms with E-state index in [1.807, 2.05) is 0 Å². The van der Waals surface area contributed by atoms with E-state index in [9.17, 15) is 4.79 Å². The van der Waals surface area contributed by atoms with Crippen molar-refractivity contribution in [1.29, 1.82) is 0 Å². The molecule has 0 aromatic carbocycles. The molecule has 0 amide bonds. The van der Waals surface area contributed by atoms with Gasteiger partial charge in [0.15, 0.2) is 0 Å². The maximum absolute atomic E-state index is 11.0. The molecule has 1 aliphatic carbocycles. The zero-order valence-electron chi connectivity index (χ0n) is 9.80. The molecule has 2 nitrogen and oxygen atoms in total. The van der Waals surface area contributed by atoms with Crippen molar-refractivity contribution in [3.05, 3.63) is 0 Å². The average molecular weight is 198 g/mol. The van der Waals surface area contributed by atoms with Crippen LogP contribution in [-0.2, 0) is 9.53 Å². The van der Waals surface area contributed by atoms with E-state index in [0.29, 0.717) is 5.92 Å². The van der Waals surface area contributed by atoms with Crippen LogP contribution in [0.4, 0.5) is 0 Å². The smallest absolute Gasteiger partial charge is 0.302 e. The third kappa shape index (κ3) is 3.00. The lowest BCUT2D eigenvalue weighted by Crippen LogP contribution is -2.37. The molecule has 2 heteroatoms. The topological polar surface area (TPSA) is 26.3 Å². The number of esters is 1. The van der Waals surface area contributed by atoms with E-state index in [1.165, 1.54) is 26.2 Å². The van der Waals surface area contributed by atoms with Gasteiger partial charge in [-0.05, 0) is 24.7 Å². The summed E-state index contributed by atoms with van der Waals surface area (Å²) in [6, 6.07) is 0. The molecule has 0 bridgehead atoms. The first kappa shape index (κ1) is 11.5. The van der Waals surface area contributed by atoms with Crippen LogP contribution in [0.5, 0.6) is 0 Å². The molecular formula is C12H22O2. The van der Waals surface area contributed by atoms with Gasteiger partial charge in [-0.15, -0.1) is 0 Å². The molecule has 1 saturated carbocycles. The van der Waals surface area contributed by atoms with E-state index < -0.39 is 0 Å². The van der Waals surface area contributed by atoms with Gasteiger partial charge in [-0.3, -0.25) is 4.79 Å². The van der Waals surface area contributed by atoms with Crippen molar-refractivity contribution in [1.82, 2.24) is 0 Å². The van der Waals surface area contributed by atoms with Crippen molar-refractivity contribution in [2.45, 2.75) is 59.5 Å². The fourth-order valence-corrected chi connectivity index (χ4v) is 2.44. The van der Waals surface area contributed by atoms with Crippen LogP contribution in [0.15, 0.2) is 0 Å². The maximum atomic E-state index is 11.0. The van der Waals surface area contributed by atoms with Crippen molar-refractivity contribution in [2.24, 2.45) is 11.3 Å². The summed E-state index contributed by atoms with van der Waals surface area (Å²) in [6.07, 6.45) is 4.87. The monoisotopic (exact) mass is 198 g/mol. The van der Waals surface area contributed by atoms with E-state index in [2.05, 4.69) is 20.8 Å². The Morgan fingerprint density at radius 1 is 1.21 bits per heavy atom. The summed E-state index contributed by atoms with van der Waals surface area (Å²) in [7, 11) is 0. The van der Waals surface area contributed by atoms with E-state index in [-0.39, 0.29) is 17.5 Å². The molecule has 0 radical (unpaired) electrons. The van der Waals surface area contributed by atoms with Crippen LogP contribution in [0.25, 0.3) is 0 Å². The van der Waals surface area contributed by atoms with Crippen molar-refractivity contribution in [2.75, 3.05) is 0 Å². The Kier molecular flexibility index (Phi) is 3.57. The minimum Gasteiger partial charge on any atom is -0.462 e. The summed E-state index contributed by atoms with van der Waals surface area (Å²) in [4.78, 5) is 11.0. The second-order valence-electron chi connectivity index (χ2n) is 5.40. The number of carbonyl (C=O) groups is 1. The Hall–Kier alpha value is -0.530. The number of ether oxygens (including phenoxy) is 1. The maximum Gasteiger partial charge on any atom is 0.302 e. The van der Waals surface area contributed by atoms with E-state index in [1.54, 1.807) is 0 Å². The van der Waals surface area contributed by atoms with Crippen LogP contribution in [-0.4, -0.2) is 12.1 Å². The molecule has 1 aliphatic rings. The molecule has 0 aromatic heterocycles. The van der Waals surface area contributed by atoms with E-state index in [4.69, 9.17) is 4.74 Å². The van der Waals surface area contributed by atoms with Gasteiger partial charge in [0.05, 0.1) is 0 Å². The van der Waals surface area contributed by atoms with Gasteiger partial charge in [0.25, 0.3) is 0 Å². The highest BCUT2D eigenvalue weighted by molar-refractivity contribution is 5.66. The zero-order chi connectivity index (χ0) is 10.8. The molecule has 0 saturated heterocycles. The molecule has 2 atom stereocenters. The fraction of sp³-hybridized carbons (Fsp3) is 0.917. The van der Waals surface area contributed by atoms with Gasteiger partial charge in [-0.2, -0.15) is 0 Å². The summed E-state index contributed by atoms with van der Waals surface area (Å²) >= 11 is 0. The standard InChI is InChI=1S/C12H22O2/c1-9(13)14-11-8-6-5-7-10(11)12(2,3)4/h10-11H,5-8H2,1-4H3/t10-,11-/m1/s1. The van der Waals surface area contributed by atoms with Crippen LogP contribution in [0.2, 0.25) is 0 Å². The predicted octanol–water partition coefficient (Wildman–Crippen LogP) is 3.15. The largest absolute Gasteiger partial charge is 0.462 e. The van der Waals surface area contributed by atoms with Gasteiger partial charge in [0.1, 0.15) is 6.10 Å². The lowest BCUT2D eigenvalue weighted by molar-refractivity contribution is -0.153. The highest BCUT2D eigenvalue weighted by Gasteiger charge is 2.35. The summed E-state index contributed by atoms with van der Waals surface area (Å²) < 4.78 is 5.39. The molecule has 0 aliphatic heterocycles. The second-order valence-corrected chi connectivity index (χ2v) is 5.40. The molecule has 1 fully saturated rings. The van der Waals surface area contributed by atoms with E-state index >= 15 is 0 Å². The number of hydrogen-bond donors (Lipinski definition) is 0. The average Bonchev–Trinajstić information content (AvgIpc) is 2.01. The molecule has 14 heavy (non-hydrogen) atoms. The first-order valence-corrected chi connectivity index (χ1v) is 5.58. The van der Waals surface area contributed by atoms with E-state index in [0.717, 1.165) is 6.42 Å². The minimum atomic E-state index is -0.133. The van der Waals surface area contributed by atoms with Crippen molar-refractivity contribution in [3.8, 4) is 0 Å². The van der Waals surface area contributed by atoms with Crippen LogP contribution >= 0.6 is 0 Å². The molecule has 82 valence electrons. The Morgan fingerprint density at radius 2 is 1.79 bits per heavy atom. The summed E-state index contributed by atoms with van der Waals surface area (Å²) in [5.74, 6) is 0.395. The molecule has 0 spiro atoms. The Bertz CT molecular complexity index is 203. The normalized spacial score (nSPS) is 28.6. The lowest BCUT2D eigenvalue weighted by atomic mass is 9.71. The summed E-state index contributed by atoms with van der Waals surface area (Å²) in [5.41, 5.74) is 0.251. The number of carbonyl (C=O) groups excluding carboxylic acids is 1.